The zero-order chi connectivity index (χ0) is 14.3. The van der Waals surface area contributed by atoms with Crippen LogP contribution in [0, 0.1) is 0 Å². The number of rotatable bonds is 8. The van der Waals surface area contributed by atoms with Crippen molar-refractivity contribution in [2.75, 3.05) is 20.6 Å². The van der Waals surface area contributed by atoms with Crippen LogP contribution in [0.15, 0.2) is 41.8 Å². The van der Waals surface area contributed by atoms with Gasteiger partial charge in [0.15, 0.2) is 0 Å². The molecule has 106 valence electrons. The van der Waals surface area contributed by atoms with Crippen LogP contribution in [0.4, 0.5) is 0 Å². The summed E-state index contributed by atoms with van der Waals surface area (Å²) in [7, 11) is 0.0977. The lowest BCUT2D eigenvalue weighted by molar-refractivity contribution is 0.463. The molecule has 4 nitrogen and oxygen atoms in total. The summed E-state index contributed by atoms with van der Waals surface area (Å²) in [4.78, 5) is 0.341. The Hall–Kier alpha value is -1.17. The lowest BCUT2D eigenvalue weighted by Crippen LogP contribution is -2.27. The summed E-state index contributed by atoms with van der Waals surface area (Å²) < 4.78 is 26.0. The molecule has 5 heteroatoms. The number of unbranched alkanes of at least 4 members (excludes halogenated alkanes) is 1. The van der Waals surface area contributed by atoms with E-state index in [2.05, 4.69) is 11.9 Å². The second kappa shape index (κ2) is 7.43. The van der Waals surface area contributed by atoms with Crippen LogP contribution in [-0.2, 0) is 16.6 Å². The van der Waals surface area contributed by atoms with Gasteiger partial charge < -0.3 is 5.32 Å². The SMILES string of the molecule is C=CCCCN(C)S(=O)(=O)c1ccc(CNC)cc1. The topological polar surface area (TPSA) is 49.4 Å². The zero-order valence-electron chi connectivity index (χ0n) is 11.6. The van der Waals surface area contributed by atoms with E-state index in [1.807, 2.05) is 19.2 Å². The minimum atomic E-state index is -3.37. The fraction of sp³-hybridized carbons (Fsp3) is 0.429. The van der Waals surface area contributed by atoms with Gasteiger partial charge in [0, 0.05) is 20.1 Å². The van der Waals surface area contributed by atoms with Gasteiger partial charge in [-0.3, -0.25) is 0 Å². The number of hydrogen-bond donors (Lipinski definition) is 1. The molecule has 0 unspecified atom stereocenters. The van der Waals surface area contributed by atoms with Gasteiger partial charge in [-0.1, -0.05) is 18.2 Å². The van der Waals surface area contributed by atoms with E-state index in [0.29, 0.717) is 11.4 Å². The van der Waals surface area contributed by atoms with Crippen molar-refractivity contribution in [2.24, 2.45) is 0 Å². The van der Waals surface area contributed by atoms with E-state index in [-0.39, 0.29) is 0 Å². The van der Waals surface area contributed by atoms with E-state index >= 15 is 0 Å². The van der Waals surface area contributed by atoms with Gasteiger partial charge in [-0.15, -0.1) is 6.58 Å². The molecule has 0 radical (unpaired) electrons. The van der Waals surface area contributed by atoms with E-state index in [0.717, 1.165) is 24.9 Å². The highest BCUT2D eigenvalue weighted by molar-refractivity contribution is 7.89. The maximum absolute atomic E-state index is 12.3. The largest absolute Gasteiger partial charge is 0.316 e. The van der Waals surface area contributed by atoms with Crippen molar-refractivity contribution in [3.63, 3.8) is 0 Å². The average Bonchev–Trinajstić information content (AvgIpc) is 2.40. The van der Waals surface area contributed by atoms with Gasteiger partial charge in [0.25, 0.3) is 0 Å². The van der Waals surface area contributed by atoms with E-state index < -0.39 is 10.0 Å². The lowest BCUT2D eigenvalue weighted by atomic mass is 10.2. The first-order chi connectivity index (χ1) is 9.02. The zero-order valence-corrected chi connectivity index (χ0v) is 12.4. The van der Waals surface area contributed by atoms with Gasteiger partial charge in [-0.2, -0.15) is 0 Å². The molecule has 0 aliphatic heterocycles. The summed E-state index contributed by atoms with van der Waals surface area (Å²) in [6.07, 6.45) is 3.41. The van der Waals surface area contributed by atoms with Crippen molar-refractivity contribution in [1.29, 1.82) is 0 Å². The molecule has 0 saturated heterocycles. The molecular weight excluding hydrogens is 260 g/mol. The van der Waals surface area contributed by atoms with Crippen LogP contribution in [-0.4, -0.2) is 33.4 Å². The van der Waals surface area contributed by atoms with E-state index in [1.54, 1.807) is 25.3 Å². The Morgan fingerprint density at radius 1 is 1.32 bits per heavy atom. The van der Waals surface area contributed by atoms with E-state index in [9.17, 15) is 8.42 Å². The molecular formula is C14H22N2O2S. The van der Waals surface area contributed by atoms with E-state index in [4.69, 9.17) is 0 Å². The highest BCUT2D eigenvalue weighted by Gasteiger charge is 2.19. The van der Waals surface area contributed by atoms with Gasteiger partial charge in [0.2, 0.25) is 10.0 Å². The van der Waals surface area contributed by atoms with Crippen LogP contribution in [0.1, 0.15) is 18.4 Å². The highest BCUT2D eigenvalue weighted by Crippen LogP contribution is 2.15. The Labute approximate surface area is 116 Å². The van der Waals surface area contributed by atoms with Crippen LogP contribution in [0.5, 0.6) is 0 Å². The van der Waals surface area contributed by atoms with Crippen molar-refractivity contribution >= 4 is 10.0 Å². The molecule has 0 aliphatic carbocycles. The first-order valence-electron chi connectivity index (χ1n) is 6.33. The quantitative estimate of drug-likeness (QED) is 0.586. The third kappa shape index (κ3) is 4.45. The fourth-order valence-corrected chi connectivity index (χ4v) is 2.95. The second-order valence-electron chi connectivity index (χ2n) is 4.43. The summed E-state index contributed by atoms with van der Waals surface area (Å²) in [6.45, 7) is 4.87. The van der Waals surface area contributed by atoms with Crippen LogP contribution >= 0.6 is 0 Å². The first kappa shape index (κ1) is 15.9. The average molecular weight is 282 g/mol. The van der Waals surface area contributed by atoms with Gasteiger partial charge in [-0.05, 0) is 37.6 Å². The summed E-state index contributed by atoms with van der Waals surface area (Å²) in [5, 5.41) is 3.03. The van der Waals surface area contributed by atoms with Crippen molar-refractivity contribution < 1.29 is 8.42 Å². The standard InChI is InChI=1S/C14H22N2O2S/c1-4-5-6-11-16(3)19(17,18)14-9-7-13(8-10-14)12-15-2/h4,7-10,15H,1,5-6,11-12H2,2-3H3. The van der Waals surface area contributed by atoms with Gasteiger partial charge >= 0.3 is 0 Å². The molecule has 0 aliphatic rings. The number of nitrogens with zero attached hydrogens (tertiary/aromatic N) is 1. The fourth-order valence-electron chi connectivity index (χ4n) is 1.74. The molecule has 19 heavy (non-hydrogen) atoms. The number of nitrogens with one attached hydrogen (secondary N) is 1. The van der Waals surface area contributed by atoms with Crippen molar-refractivity contribution in [2.45, 2.75) is 24.3 Å². The lowest BCUT2D eigenvalue weighted by Gasteiger charge is -2.17. The third-order valence-electron chi connectivity index (χ3n) is 2.89. The van der Waals surface area contributed by atoms with Crippen LogP contribution in [0.2, 0.25) is 0 Å². The third-order valence-corrected chi connectivity index (χ3v) is 4.76. The van der Waals surface area contributed by atoms with Crippen LogP contribution in [0.3, 0.4) is 0 Å². The smallest absolute Gasteiger partial charge is 0.242 e. The molecule has 1 N–H and O–H groups in total. The Morgan fingerprint density at radius 3 is 2.47 bits per heavy atom. The molecule has 1 rings (SSSR count). The second-order valence-corrected chi connectivity index (χ2v) is 6.48. The molecule has 0 fully saturated rings. The summed E-state index contributed by atoms with van der Waals surface area (Å²) in [5.74, 6) is 0. The van der Waals surface area contributed by atoms with Gasteiger partial charge in [-0.25, -0.2) is 12.7 Å². The minimum Gasteiger partial charge on any atom is -0.316 e. The molecule has 0 amide bonds. The molecule has 0 saturated carbocycles. The van der Waals surface area contributed by atoms with Crippen molar-refractivity contribution in [3.8, 4) is 0 Å². The Kier molecular flexibility index (Phi) is 6.21. The molecule has 0 heterocycles. The summed E-state index contributed by atoms with van der Waals surface area (Å²) >= 11 is 0. The molecule has 0 atom stereocenters. The maximum Gasteiger partial charge on any atom is 0.242 e. The Balaban J connectivity index is 2.78. The Morgan fingerprint density at radius 2 is 1.95 bits per heavy atom. The summed E-state index contributed by atoms with van der Waals surface area (Å²) in [5.41, 5.74) is 1.07. The van der Waals surface area contributed by atoms with Crippen molar-refractivity contribution in [3.05, 3.63) is 42.5 Å². The molecule has 1 aromatic carbocycles. The normalized spacial score (nSPS) is 11.7. The molecule has 1 aromatic rings. The number of allylic oxidation sites excluding steroid dienone is 1. The van der Waals surface area contributed by atoms with E-state index in [1.165, 1.54) is 4.31 Å². The Bertz CT molecular complexity index is 495. The van der Waals surface area contributed by atoms with Gasteiger partial charge in [0.05, 0.1) is 4.90 Å². The molecule has 0 spiro atoms. The molecule has 0 aromatic heterocycles. The summed E-state index contributed by atoms with van der Waals surface area (Å²) in [6, 6.07) is 6.99. The monoisotopic (exact) mass is 282 g/mol. The predicted molar refractivity (Wildman–Crippen MR) is 78.5 cm³/mol. The van der Waals surface area contributed by atoms with Crippen molar-refractivity contribution in [1.82, 2.24) is 9.62 Å². The maximum atomic E-state index is 12.3. The number of sulfonamides is 1. The molecule has 0 bridgehead atoms. The minimum absolute atomic E-state index is 0.341. The van der Waals surface area contributed by atoms with Crippen LogP contribution < -0.4 is 5.32 Å². The predicted octanol–water partition coefficient (Wildman–Crippen LogP) is 1.99. The first-order valence-corrected chi connectivity index (χ1v) is 7.77. The van der Waals surface area contributed by atoms with Gasteiger partial charge in [0.1, 0.15) is 0 Å². The number of hydrogen-bond acceptors (Lipinski definition) is 3. The number of benzene rings is 1. The highest BCUT2D eigenvalue weighted by atomic mass is 32.2. The van der Waals surface area contributed by atoms with Crippen LogP contribution in [0.25, 0.3) is 0 Å².